The third-order valence-electron chi connectivity index (χ3n) is 5.02. The summed E-state index contributed by atoms with van der Waals surface area (Å²) < 4.78 is 16.2. The van der Waals surface area contributed by atoms with Gasteiger partial charge >= 0.3 is 0 Å². The quantitative estimate of drug-likeness (QED) is 0.459. The lowest BCUT2D eigenvalue weighted by molar-refractivity contribution is 0.324. The van der Waals surface area contributed by atoms with E-state index in [-0.39, 0.29) is 0 Å². The zero-order valence-corrected chi connectivity index (χ0v) is 18.1. The Morgan fingerprint density at radius 3 is 2.39 bits per heavy atom. The molecule has 0 saturated heterocycles. The molecule has 0 aliphatic heterocycles. The van der Waals surface area contributed by atoms with E-state index in [0.29, 0.717) is 28.9 Å². The number of H-pyrrole nitrogens is 1. The van der Waals surface area contributed by atoms with Crippen LogP contribution in [-0.4, -0.2) is 48.5 Å². The van der Waals surface area contributed by atoms with Gasteiger partial charge in [-0.1, -0.05) is 0 Å². The predicted octanol–water partition coefficient (Wildman–Crippen LogP) is 4.20. The van der Waals surface area contributed by atoms with Gasteiger partial charge in [0.25, 0.3) is 0 Å². The van der Waals surface area contributed by atoms with E-state index < -0.39 is 0 Å². The molecule has 4 aromatic rings. The molecule has 0 amide bonds. The summed E-state index contributed by atoms with van der Waals surface area (Å²) in [5.74, 6) is 2.78. The molecule has 0 aliphatic rings. The van der Waals surface area contributed by atoms with Gasteiger partial charge in [0.2, 0.25) is 11.7 Å². The minimum atomic E-state index is 0.440. The van der Waals surface area contributed by atoms with Crippen LogP contribution < -0.4 is 24.4 Å². The van der Waals surface area contributed by atoms with Crippen LogP contribution >= 0.6 is 0 Å². The van der Waals surface area contributed by atoms with Crippen molar-refractivity contribution in [2.24, 2.45) is 0 Å². The number of ether oxygens (including phenoxy) is 3. The summed E-state index contributed by atoms with van der Waals surface area (Å²) in [5, 5.41) is 11.7. The molecular weight excluding hydrogens is 396 g/mol. The third kappa shape index (κ3) is 3.89. The van der Waals surface area contributed by atoms with Crippen molar-refractivity contribution in [2.45, 2.75) is 6.92 Å². The Balaban J connectivity index is 1.62. The summed E-state index contributed by atoms with van der Waals surface area (Å²) in [5.41, 5.74) is 3.63. The van der Waals surface area contributed by atoms with E-state index in [1.165, 1.54) is 0 Å². The minimum Gasteiger partial charge on any atom is -0.493 e. The molecular formula is C22H24N6O3. The average Bonchev–Trinajstić information content (AvgIpc) is 3.18. The van der Waals surface area contributed by atoms with E-state index in [4.69, 9.17) is 14.2 Å². The Hall–Kier alpha value is -4.01. The largest absolute Gasteiger partial charge is 0.493 e. The van der Waals surface area contributed by atoms with Gasteiger partial charge in [0.1, 0.15) is 5.82 Å². The molecule has 9 heteroatoms. The number of hydrogen-bond donors (Lipinski definition) is 2. The summed E-state index contributed by atoms with van der Waals surface area (Å²) in [4.78, 5) is 11.0. The lowest BCUT2D eigenvalue weighted by atomic mass is 10.2. The number of nitrogens with zero attached hydrogens (tertiary/aromatic N) is 4. The smallest absolute Gasteiger partial charge is 0.229 e. The van der Waals surface area contributed by atoms with Crippen LogP contribution in [0.1, 0.15) is 5.69 Å². The molecule has 2 N–H and O–H groups in total. The van der Waals surface area contributed by atoms with E-state index >= 15 is 0 Å². The summed E-state index contributed by atoms with van der Waals surface area (Å²) >= 11 is 0. The molecule has 0 atom stereocenters. The van der Waals surface area contributed by atoms with Gasteiger partial charge in [0.15, 0.2) is 11.5 Å². The molecule has 0 fully saturated rings. The van der Waals surface area contributed by atoms with Crippen molar-refractivity contribution >= 4 is 34.0 Å². The first-order valence-electron chi connectivity index (χ1n) is 9.62. The molecule has 0 unspecified atom stereocenters. The van der Waals surface area contributed by atoms with Crippen LogP contribution in [-0.2, 0) is 0 Å². The fourth-order valence-corrected chi connectivity index (χ4v) is 3.35. The molecule has 160 valence electrons. The molecule has 31 heavy (non-hydrogen) atoms. The van der Waals surface area contributed by atoms with Crippen LogP contribution in [0, 0.1) is 6.92 Å². The van der Waals surface area contributed by atoms with Gasteiger partial charge < -0.3 is 24.4 Å². The predicted molar refractivity (Wildman–Crippen MR) is 120 cm³/mol. The number of anilines is 4. The van der Waals surface area contributed by atoms with E-state index in [2.05, 4.69) is 31.5 Å². The highest BCUT2D eigenvalue weighted by molar-refractivity contribution is 5.85. The van der Waals surface area contributed by atoms with Crippen LogP contribution in [0.5, 0.6) is 17.2 Å². The number of benzene rings is 2. The summed E-state index contributed by atoms with van der Waals surface area (Å²) in [6.07, 6.45) is 1.70. The Morgan fingerprint density at radius 1 is 0.968 bits per heavy atom. The molecule has 2 aromatic heterocycles. The summed E-state index contributed by atoms with van der Waals surface area (Å²) in [6, 6.07) is 11.6. The second-order valence-electron chi connectivity index (χ2n) is 6.89. The molecule has 4 rings (SSSR count). The van der Waals surface area contributed by atoms with Crippen molar-refractivity contribution in [1.82, 2.24) is 20.2 Å². The fourth-order valence-electron chi connectivity index (χ4n) is 3.35. The lowest BCUT2D eigenvalue weighted by Gasteiger charge is -2.19. The van der Waals surface area contributed by atoms with Gasteiger partial charge in [-0.05, 0) is 31.2 Å². The zero-order valence-electron chi connectivity index (χ0n) is 18.1. The number of hydrogen-bond acceptors (Lipinski definition) is 8. The number of aromatic amines is 1. The molecule has 0 radical (unpaired) electrons. The van der Waals surface area contributed by atoms with Crippen LogP contribution in [0.15, 0.2) is 42.6 Å². The molecule has 0 aliphatic carbocycles. The van der Waals surface area contributed by atoms with Gasteiger partial charge in [-0.2, -0.15) is 10.1 Å². The summed E-state index contributed by atoms with van der Waals surface area (Å²) in [6.45, 7) is 2.00. The SMILES string of the molecule is COc1cc(Nc2nccc(N(C)c3ccc4c(C)[nH]nc4c3)n2)cc(OC)c1OC. The highest BCUT2D eigenvalue weighted by Gasteiger charge is 2.15. The van der Waals surface area contributed by atoms with Crippen LogP contribution in [0.2, 0.25) is 0 Å². The van der Waals surface area contributed by atoms with Gasteiger partial charge in [-0.25, -0.2) is 4.98 Å². The molecule has 2 heterocycles. The zero-order chi connectivity index (χ0) is 22.0. The van der Waals surface area contributed by atoms with Gasteiger partial charge in [-0.3, -0.25) is 5.10 Å². The maximum Gasteiger partial charge on any atom is 0.229 e. The number of fused-ring (bicyclic) bond motifs is 1. The van der Waals surface area contributed by atoms with Crippen molar-refractivity contribution in [3.8, 4) is 17.2 Å². The molecule has 0 spiro atoms. The van der Waals surface area contributed by atoms with E-state index in [1.807, 2.05) is 37.1 Å². The van der Waals surface area contributed by atoms with E-state index in [9.17, 15) is 0 Å². The standard InChI is InChI=1S/C22H24N6O3/c1-13-16-7-6-15(12-17(16)27-26-13)28(2)20-8-9-23-22(25-20)24-14-10-18(29-3)21(31-5)19(11-14)30-4/h6-12H,1-5H3,(H,26,27)(H,23,24,25). The van der Waals surface area contributed by atoms with Crippen molar-refractivity contribution < 1.29 is 14.2 Å². The van der Waals surface area contributed by atoms with Crippen molar-refractivity contribution in [3.05, 3.63) is 48.3 Å². The molecule has 2 aromatic carbocycles. The first-order chi connectivity index (χ1) is 15.0. The van der Waals surface area contributed by atoms with Gasteiger partial charge in [0, 0.05) is 47.8 Å². The number of methoxy groups -OCH3 is 3. The second kappa shape index (κ2) is 8.39. The van der Waals surface area contributed by atoms with E-state index in [0.717, 1.165) is 28.1 Å². The highest BCUT2D eigenvalue weighted by Crippen LogP contribution is 2.40. The number of aryl methyl sites for hydroxylation is 1. The van der Waals surface area contributed by atoms with Crippen LogP contribution in [0.25, 0.3) is 10.9 Å². The normalized spacial score (nSPS) is 10.7. The summed E-state index contributed by atoms with van der Waals surface area (Å²) in [7, 11) is 6.67. The number of rotatable bonds is 7. The Kier molecular flexibility index (Phi) is 5.48. The molecule has 9 nitrogen and oxygen atoms in total. The topological polar surface area (TPSA) is 97.4 Å². The molecule has 0 saturated carbocycles. The Labute approximate surface area is 180 Å². The maximum absolute atomic E-state index is 5.41. The minimum absolute atomic E-state index is 0.440. The average molecular weight is 420 g/mol. The first kappa shape index (κ1) is 20.3. The van der Waals surface area contributed by atoms with Crippen LogP contribution in [0.4, 0.5) is 23.1 Å². The Morgan fingerprint density at radius 2 is 1.71 bits per heavy atom. The second-order valence-corrected chi connectivity index (χ2v) is 6.89. The van der Waals surface area contributed by atoms with Gasteiger partial charge in [-0.15, -0.1) is 0 Å². The lowest BCUT2D eigenvalue weighted by Crippen LogP contribution is -2.12. The molecule has 0 bridgehead atoms. The Bertz CT molecular complexity index is 1200. The van der Waals surface area contributed by atoms with Crippen molar-refractivity contribution in [1.29, 1.82) is 0 Å². The fraction of sp³-hybridized carbons (Fsp3) is 0.227. The van der Waals surface area contributed by atoms with Crippen molar-refractivity contribution in [3.63, 3.8) is 0 Å². The number of aromatic nitrogens is 4. The van der Waals surface area contributed by atoms with Gasteiger partial charge in [0.05, 0.1) is 26.8 Å². The monoisotopic (exact) mass is 420 g/mol. The van der Waals surface area contributed by atoms with Crippen LogP contribution in [0.3, 0.4) is 0 Å². The van der Waals surface area contributed by atoms with Crippen molar-refractivity contribution in [2.75, 3.05) is 38.6 Å². The first-order valence-corrected chi connectivity index (χ1v) is 9.62. The maximum atomic E-state index is 5.41. The van der Waals surface area contributed by atoms with E-state index in [1.54, 1.807) is 39.7 Å². The third-order valence-corrected chi connectivity index (χ3v) is 5.02. The highest BCUT2D eigenvalue weighted by atomic mass is 16.5. The number of nitrogens with one attached hydrogen (secondary N) is 2.